The Labute approximate surface area is 144 Å². The summed E-state index contributed by atoms with van der Waals surface area (Å²) in [7, 11) is 1.45. The van der Waals surface area contributed by atoms with Gasteiger partial charge in [-0.05, 0) is 11.5 Å². The zero-order valence-electron chi connectivity index (χ0n) is 13.6. The summed E-state index contributed by atoms with van der Waals surface area (Å²) >= 11 is 1.29. The van der Waals surface area contributed by atoms with Gasteiger partial charge in [0.25, 0.3) is 5.22 Å². The topological polar surface area (TPSA) is 97.1 Å². The van der Waals surface area contributed by atoms with Crippen molar-refractivity contribution in [2.45, 2.75) is 30.9 Å². The van der Waals surface area contributed by atoms with E-state index in [9.17, 15) is 9.59 Å². The fourth-order valence-corrected chi connectivity index (χ4v) is 2.74. The van der Waals surface area contributed by atoms with E-state index in [1.165, 1.54) is 24.4 Å². The van der Waals surface area contributed by atoms with Gasteiger partial charge in [0, 0.05) is 25.6 Å². The molecule has 1 atom stereocenters. The van der Waals surface area contributed by atoms with Crippen molar-refractivity contribution in [1.82, 2.24) is 20.8 Å². The van der Waals surface area contributed by atoms with Crippen LogP contribution in [-0.2, 0) is 11.2 Å². The molecule has 24 heavy (non-hydrogen) atoms. The molecule has 3 amide bonds. The summed E-state index contributed by atoms with van der Waals surface area (Å²) in [4.78, 5) is 22.4. The molecule has 0 aliphatic heterocycles. The molecule has 0 spiro atoms. The highest BCUT2D eigenvalue weighted by Crippen LogP contribution is 2.22. The van der Waals surface area contributed by atoms with E-state index in [4.69, 9.17) is 4.42 Å². The fraction of sp³-hybridized carbons (Fsp3) is 0.375. The zero-order chi connectivity index (χ0) is 17.4. The maximum Gasteiger partial charge on any atom is 0.321 e. The largest absolute Gasteiger partial charge is 0.416 e. The molecule has 1 aromatic heterocycles. The van der Waals surface area contributed by atoms with Crippen molar-refractivity contribution >= 4 is 23.7 Å². The Bertz CT molecular complexity index is 675. The molecule has 2 rings (SSSR count). The lowest BCUT2D eigenvalue weighted by molar-refractivity contribution is -0.119. The maximum atomic E-state index is 11.5. The molecule has 8 heteroatoms. The minimum atomic E-state index is -0.514. The van der Waals surface area contributed by atoms with Gasteiger partial charge in [-0.15, -0.1) is 10.2 Å². The molecule has 0 fully saturated rings. The smallest absolute Gasteiger partial charge is 0.321 e. The van der Waals surface area contributed by atoms with Crippen LogP contribution in [0.3, 0.4) is 0 Å². The molecule has 0 aliphatic carbocycles. The van der Waals surface area contributed by atoms with Crippen molar-refractivity contribution in [2.24, 2.45) is 0 Å². The van der Waals surface area contributed by atoms with Crippen LogP contribution in [0.2, 0.25) is 0 Å². The van der Waals surface area contributed by atoms with Crippen LogP contribution < -0.4 is 10.6 Å². The SMILES string of the molecule is CNC(=O)NC(=O)CCSc1nnc(C[C@@H](C)c2ccccc2)o1. The Hall–Kier alpha value is -2.35. The van der Waals surface area contributed by atoms with Crippen LogP contribution in [0, 0.1) is 0 Å². The van der Waals surface area contributed by atoms with Gasteiger partial charge in [0.05, 0.1) is 0 Å². The normalized spacial score (nSPS) is 11.8. The van der Waals surface area contributed by atoms with Crippen molar-refractivity contribution in [2.75, 3.05) is 12.8 Å². The quantitative estimate of drug-likeness (QED) is 0.746. The van der Waals surface area contributed by atoms with Gasteiger partial charge in [0.1, 0.15) is 0 Å². The number of carbonyl (C=O) groups excluding carboxylic acids is 2. The van der Waals surface area contributed by atoms with E-state index in [0.717, 1.165) is 0 Å². The average Bonchev–Trinajstić information content (AvgIpc) is 3.02. The van der Waals surface area contributed by atoms with Gasteiger partial charge in [-0.1, -0.05) is 49.0 Å². The van der Waals surface area contributed by atoms with Crippen LogP contribution in [0.4, 0.5) is 4.79 Å². The molecular weight excluding hydrogens is 328 g/mol. The number of amides is 3. The molecule has 0 radical (unpaired) electrons. The molecule has 0 bridgehead atoms. The number of rotatable bonds is 7. The summed E-state index contributed by atoms with van der Waals surface area (Å²) < 4.78 is 5.59. The molecule has 7 nitrogen and oxygen atoms in total. The van der Waals surface area contributed by atoms with Crippen LogP contribution in [0.25, 0.3) is 0 Å². The second-order valence-electron chi connectivity index (χ2n) is 5.20. The predicted molar refractivity (Wildman–Crippen MR) is 90.8 cm³/mol. The Balaban J connectivity index is 1.77. The highest BCUT2D eigenvalue weighted by atomic mass is 32.2. The van der Waals surface area contributed by atoms with E-state index in [0.29, 0.717) is 23.3 Å². The molecule has 0 aliphatic rings. The van der Waals surface area contributed by atoms with Crippen molar-refractivity contribution in [3.05, 3.63) is 41.8 Å². The summed E-state index contributed by atoms with van der Waals surface area (Å²) in [5.41, 5.74) is 1.22. The minimum Gasteiger partial charge on any atom is -0.416 e. The van der Waals surface area contributed by atoms with Crippen LogP contribution in [0.15, 0.2) is 40.0 Å². The van der Waals surface area contributed by atoms with Crippen molar-refractivity contribution < 1.29 is 14.0 Å². The molecule has 128 valence electrons. The Morgan fingerprint density at radius 2 is 2.00 bits per heavy atom. The number of benzene rings is 1. The van der Waals surface area contributed by atoms with Crippen molar-refractivity contribution in [3.63, 3.8) is 0 Å². The first kappa shape index (κ1) is 18.0. The van der Waals surface area contributed by atoms with Gasteiger partial charge in [0.15, 0.2) is 0 Å². The van der Waals surface area contributed by atoms with Gasteiger partial charge in [0.2, 0.25) is 11.8 Å². The summed E-state index contributed by atoms with van der Waals surface area (Å²) in [6.45, 7) is 2.11. The van der Waals surface area contributed by atoms with Gasteiger partial charge in [-0.25, -0.2) is 4.79 Å². The van der Waals surface area contributed by atoms with E-state index < -0.39 is 6.03 Å². The molecular formula is C16H20N4O3S. The first-order chi connectivity index (χ1) is 11.6. The number of imide groups is 1. The first-order valence-corrected chi connectivity index (χ1v) is 8.58. The summed E-state index contributed by atoms with van der Waals surface area (Å²) in [5, 5.41) is 13.0. The van der Waals surface area contributed by atoms with Crippen LogP contribution in [-0.4, -0.2) is 34.9 Å². The second kappa shape index (κ2) is 9.07. The van der Waals surface area contributed by atoms with E-state index in [1.807, 2.05) is 18.2 Å². The van der Waals surface area contributed by atoms with Gasteiger partial charge >= 0.3 is 6.03 Å². The molecule has 0 unspecified atom stereocenters. The standard InChI is InChI=1S/C16H20N4O3S/c1-11(12-6-4-3-5-7-12)10-14-19-20-16(23-14)24-9-8-13(21)18-15(22)17-2/h3-7,11H,8-10H2,1-2H3,(H2,17,18,21,22)/t11-/m1/s1. The molecule has 1 heterocycles. The molecule has 2 aromatic rings. The van der Waals surface area contributed by atoms with E-state index in [2.05, 4.69) is 39.9 Å². The number of nitrogens with zero attached hydrogens (tertiary/aromatic N) is 2. The van der Waals surface area contributed by atoms with E-state index >= 15 is 0 Å². The number of aromatic nitrogens is 2. The van der Waals surface area contributed by atoms with Gasteiger partial charge in [-0.2, -0.15) is 0 Å². The average molecular weight is 348 g/mol. The highest BCUT2D eigenvalue weighted by Gasteiger charge is 2.13. The Morgan fingerprint density at radius 1 is 1.25 bits per heavy atom. The molecule has 0 saturated carbocycles. The number of carbonyl (C=O) groups is 2. The van der Waals surface area contributed by atoms with Crippen LogP contribution >= 0.6 is 11.8 Å². The fourth-order valence-electron chi connectivity index (χ4n) is 2.02. The summed E-state index contributed by atoms with van der Waals surface area (Å²) in [5.74, 6) is 0.962. The zero-order valence-corrected chi connectivity index (χ0v) is 14.4. The lowest BCUT2D eigenvalue weighted by atomic mass is 9.98. The third-order valence-electron chi connectivity index (χ3n) is 3.33. The van der Waals surface area contributed by atoms with Crippen molar-refractivity contribution in [3.8, 4) is 0 Å². The van der Waals surface area contributed by atoms with Crippen LogP contribution in [0.5, 0.6) is 0 Å². The molecule has 0 saturated heterocycles. The maximum absolute atomic E-state index is 11.5. The van der Waals surface area contributed by atoms with Gasteiger partial charge in [-0.3, -0.25) is 10.1 Å². The van der Waals surface area contributed by atoms with Crippen LogP contribution in [0.1, 0.15) is 30.7 Å². The van der Waals surface area contributed by atoms with Gasteiger partial charge < -0.3 is 9.73 Å². The monoisotopic (exact) mass is 348 g/mol. The lowest BCUT2D eigenvalue weighted by Gasteiger charge is -2.08. The van der Waals surface area contributed by atoms with E-state index in [1.54, 1.807) is 0 Å². The number of thioether (sulfide) groups is 1. The lowest BCUT2D eigenvalue weighted by Crippen LogP contribution is -2.37. The number of hydrogen-bond donors (Lipinski definition) is 2. The molecule has 2 N–H and O–H groups in total. The number of nitrogens with one attached hydrogen (secondary N) is 2. The third-order valence-corrected chi connectivity index (χ3v) is 4.15. The number of hydrogen-bond acceptors (Lipinski definition) is 6. The first-order valence-electron chi connectivity index (χ1n) is 7.60. The minimum absolute atomic E-state index is 0.191. The highest BCUT2D eigenvalue weighted by molar-refractivity contribution is 7.99. The third kappa shape index (κ3) is 5.69. The van der Waals surface area contributed by atoms with E-state index in [-0.39, 0.29) is 18.2 Å². The Kier molecular flexibility index (Phi) is 6.80. The molecule has 1 aromatic carbocycles. The second-order valence-corrected chi connectivity index (χ2v) is 6.25. The number of urea groups is 1. The Morgan fingerprint density at radius 3 is 2.71 bits per heavy atom. The summed E-state index contributed by atoms with van der Waals surface area (Å²) in [6, 6.07) is 9.62. The predicted octanol–water partition coefficient (Wildman–Crippen LogP) is 2.35. The summed E-state index contributed by atoms with van der Waals surface area (Å²) in [6.07, 6.45) is 0.852. The van der Waals surface area contributed by atoms with Crippen molar-refractivity contribution in [1.29, 1.82) is 0 Å².